The molecule has 1 atom stereocenters. The van der Waals surface area contributed by atoms with Crippen LogP contribution in [-0.4, -0.2) is 18.5 Å². The van der Waals surface area contributed by atoms with Crippen molar-refractivity contribution in [2.24, 2.45) is 5.41 Å². The molecule has 1 heterocycles. The van der Waals surface area contributed by atoms with Gasteiger partial charge >= 0.3 is 0 Å². The van der Waals surface area contributed by atoms with Gasteiger partial charge in [0.2, 0.25) is 0 Å². The SMILES string of the molecule is CC1(C)CCCC(NC(=O)c2cccc3c2NCCC3)C1. The number of benzene rings is 1. The fourth-order valence-corrected chi connectivity index (χ4v) is 3.78. The highest BCUT2D eigenvalue weighted by molar-refractivity contribution is 6.00. The molecule has 1 aromatic carbocycles. The molecule has 1 fully saturated rings. The van der Waals surface area contributed by atoms with E-state index in [4.69, 9.17) is 0 Å². The third kappa shape index (κ3) is 3.22. The number of anilines is 1. The van der Waals surface area contributed by atoms with Crippen molar-refractivity contribution in [1.29, 1.82) is 0 Å². The van der Waals surface area contributed by atoms with E-state index >= 15 is 0 Å². The number of nitrogens with one attached hydrogen (secondary N) is 2. The lowest BCUT2D eigenvalue weighted by Crippen LogP contribution is -2.41. The summed E-state index contributed by atoms with van der Waals surface area (Å²) in [6, 6.07) is 6.40. The number of hydrogen-bond acceptors (Lipinski definition) is 2. The molecule has 0 spiro atoms. The molecule has 3 rings (SSSR count). The van der Waals surface area contributed by atoms with E-state index in [0.29, 0.717) is 11.5 Å². The summed E-state index contributed by atoms with van der Waals surface area (Å²) in [5, 5.41) is 6.67. The van der Waals surface area contributed by atoms with E-state index < -0.39 is 0 Å². The van der Waals surface area contributed by atoms with Crippen molar-refractivity contribution in [3.05, 3.63) is 29.3 Å². The van der Waals surface area contributed by atoms with Crippen LogP contribution in [0.4, 0.5) is 5.69 Å². The highest BCUT2D eigenvalue weighted by Crippen LogP contribution is 2.35. The molecule has 2 aliphatic rings. The highest BCUT2D eigenvalue weighted by atomic mass is 16.1. The molecular formula is C18H26N2O. The van der Waals surface area contributed by atoms with E-state index in [0.717, 1.165) is 43.5 Å². The fraction of sp³-hybridized carbons (Fsp3) is 0.611. The molecule has 0 saturated heterocycles. The van der Waals surface area contributed by atoms with Crippen molar-refractivity contribution in [1.82, 2.24) is 5.32 Å². The van der Waals surface area contributed by atoms with E-state index in [9.17, 15) is 4.79 Å². The molecule has 1 amide bonds. The van der Waals surface area contributed by atoms with Crippen LogP contribution in [0.5, 0.6) is 0 Å². The number of amides is 1. The quantitative estimate of drug-likeness (QED) is 0.869. The minimum Gasteiger partial charge on any atom is -0.384 e. The Hall–Kier alpha value is -1.51. The van der Waals surface area contributed by atoms with Crippen molar-refractivity contribution in [3.63, 3.8) is 0 Å². The summed E-state index contributed by atoms with van der Waals surface area (Å²) in [5.41, 5.74) is 3.50. The second-order valence-electron chi connectivity index (χ2n) is 7.30. The number of hydrogen-bond donors (Lipinski definition) is 2. The Morgan fingerprint density at radius 3 is 3.00 bits per heavy atom. The lowest BCUT2D eigenvalue weighted by molar-refractivity contribution is 0.0903. The van der Waals surface area contributed by atoms with Gasteiger partial charge in [-0.25, -0.2) is 0 Å². The van der Waals surface area contributed by atoms with Crippen LogP contribution < -0.4 is 10.6 Å². The largest absolute Gasteiger partial charge is 0.384 e. The number of para-hydroxylation sites is 1. The predicted molar refractivity (Wildman–Crippen MR) is 86.8 cm³/mol. The number of carbonyl (C=O) groups is 1. The van der Waals surface area contributed by atoms with E-state index in [1.807, 2.05) is 12.1 Å². The van der Waals surface area contributed by atoms with Gasteiger partial charge in [0, 0.05) is 12.6 Å². The molecule has 3 heteroatoms. The summed E-state index contributed by atoms with van der Waals surface area (Å²) in [6.45, 7) is 5.57. The van der Waals surface area contributed by atoms with Crippen molar-refractivity contribution < 1.29 is 4.79 Å². The van der Waals surface area contributed by atoms with Crippen molar-refractivity contribution in [3.8, 4) is 0 Å². The van der Waals surface area contributed by atoms with Gasteiger partial charge in [0.05, 0.1) is 11.3 Å². The molecule has 0 aromatic heterocycles. The van der Waals surface area contributed by atoms with Gasteiger partial charge in [0.15, 0.2) is 0 Å². The smallest absolute Gasteiger partial charge is 0.253 e. The monoisotopic (exact) mass is 286 g/mol. The molecule has 0 radical (unpaired) electrons. The van der Waals surface area contributed by atoms with Crippen LogP contribution in [0, 0.1) is 5.41 Å². The second kappa shape index (κ2) is 5.70. The maximum atomic E-state index is 12.6. The minimum absolute atomic E-state index is 0.0870. The molecule has 1 unspecified atom stereocenters. The Morgan fingerprint density at radius 1 is 1.33 bits per heavy atom. The molecule has 3 nitrogen and oxygen atoms in total. The van der Waals surface area contributed by atoms with Crippen molar-refractivity contribution in [2.45, 2.75) is 58.4 Å². The van der Waals surface area contributed by atoms with Crippen molar-refractivity contribution in [2.75, 3.05) is 11.9 Å². The zero-order chi connectivity index (χ0) is 14.9. The van der Waals surface area contributed by atoms with Gasteiger partial charge in [-0.15, -0.1) is 0 Å². The maximum Gasteiger partial charge on any atom is 0.253 e. The topological polar surface area (TPSA) is 41.1 Å². The Labute approximate surface area is 127 Å². The first kappa shape index (κ1) is 14.4. The molecule has 1 aliphatic heterocycles. The van der Waals surface area contributed by atoms with Gasteiger partial charge < -0.3 is 10.6 Å². The van der Waals surface area contributed by atoms with Gasteiger partial charge in [0.25, 0.3) is 5.91 Å². The summed E-state index contributed by atoms with van der Waals surface area (Å²) < 4.78 is 0. The van der Waals surface area contributed by atoms with Gasteiger partial charge in [-0.2, -0.15) is 0 Å². The predicted octanol–water partition coefficient (Wildman–Crippen LogP) is 3.74. The molecule has 1 aromatic rings. The van der Waals surface area contributed by atoms with Crippen LogP contribution in [0.1, 0.15) is 61.9 Å². The van der Waals surface area contributed by atoms with Gasteiger partial charge in [-0.3, -0.25) is 4.79 Å². The average Bonchev–Trinajstić information content (AvgIpc) is 2.45. The molecular weight excluding hydrogens is 260 g/mol. The first-order chi connectivity index (χ1) is 10.1. The van der Waals surface area contributed by atoms with E-state index in [-0.39, 0.29) is 5.91 Å². The third-order valence-corrected chi connectivity index (χ3v) is 4.86. The first-order valence-corrected chi connectivity index (χ1v) is 8.22. The number of carbonyl (C=O) groups excluding carboxylic acids is 1. The van der Waals surface area contributed by atoms with E-state index in [1.54, 1.807) is 0 Å². The number of aryl methyl sites for hydroxylation is 1. The molecule has 1 aliphatic carbocycles. The summed E-state index contributed by atoms with van der Waals surface area (Å²) in [7, 11) is 0. The molecule has 114 valence electrons. The summed E-state index contributed by atoms with van der Waals surface area (Å²) >= 11 is 0. The Bertz CT molecular complexity index is 536. The van der Waals surface area contributed by atoms with Gasteiger partial charge in [0.1, 0.15) is 0 Å². The fourth-order valence-electron chi connectivity index (χ4n) is 3.78. The normalized spacial score (nSPS) is 23.8. The standard InChI is InChI=1S/C18H26N2O/c1-18(2)10-4-8-14(12-18)20-17(21)15-9-3-6-13-7-5-11-19-16(13)15/h3,6,9,14,19H,4-5,7-8,10-12H2,1-2H3,(H,20,21). The molecule has 1 saturated carbocycles. The number of rotatable bonds is 2. The van der Waals surface area contributed by atoms with Crippen LogP contribution in [-0.2, 0) is 6.42 Å². The highest BCUT2D eigenvalue weighted by Gasteiger charge is 2.29. The van der Waals surface area contributed by atoms with Gasteiger partial charge in [-0.1, -0.05) is 32.4 Å². The minimum atomic E-state index is 0.0870. The van der Waals surface area contributed by atoms with Crippen LogP contribution in [0.15, 0.2) is 18.2 Å². The van der Waals surface area contributed by atoms with Crippen molar-refractivity contribution >= 4 is 11.6 Å². The lowest BCUT2D eigenvalue weighted by atomic mass is 9.75. The average molecular weight is 286 g/mol. The van der Waals surface area contributed by atoms with E-state index in [1.165, 1.54) is 18.4 Å². The summed E-state index contributed by atoms with van der Waals surface area (Å²) in [4.78, 5) is 12.6. The summed E-state index contributed by atoms with van der Waals surface area (Å²) in [6.07, 6.45) is 6.89. The second-order valence-corrected chi connectivity index (χ2v) is 7.30. The van der Waals surface area contributed by atoms with Crippen LogP contribution in [0.2, 0.25) is 0 Å². The van der Waals surface area contributed by atoms with Crippen LogP contribution in [0.3, 0.4) is 0 Å². The molecule has 0 bridgehead atoms. The molecule has 2 N–H and O–H groups in total. The third-order valence-electron chi connectivity index (χ3n) is 4.86. The Kier molecular flexibility index (Phi) is 3.92. The van der Waals surface area contributed by atoms with Crippen LogP contribution in [0.25, 0.3) is 0 Å². The molecule has 21 heavy (non-hydrogen) atoms. The van der Waals surface area contributed by atoms with Crippen LogP contribution >= 0.6 is 0 Å². The zero-order valence-corrected chi connectivity index (χ0v) is 13.2. The number of fused-ring (bicyclic) bond motifs is 1. The summed E-state index contributed by atoms with van der Waals surface area (Å²) in [5.74, 6) is 0.0870. The van der Waals surface area contributed by atoms with Gasteiger partial charge in [-0.05, 0) is 49.1 Å². The zero-order valence-electron chi connectivity index (χ0n) is 13.2. The first-order valence-electron chi connectivity index (χ1n) is 8.22. The van der Waals surface area contributed by atoms with E-state index in [2.05, 4.69) is 30.5 Å². The Balaban J connectivity index is 1.74. The maximum absolute atomic E-state index is 12.6. The Morgan fingerprint density at radius 2 is 2.19 bits per heavy atom. The lowest BCUT2D eigenvalue weighted by Gasteiger charge is -2.35.